The minimum Gasteiger partial charge on any atom is -0.383 e. The molecule has 0 amide bonds. The Bertz CT molecular complexity index is 369. The van der Waals surface area contributed by atoms with Crippen molar-refractivity contribution in [3.63, 3.8) is 0 Å². The monoisotopic (exact) mass is 267 g/mol. The minimum atomic E-state index is 0.313. The maximum Gasteiger partial charge on any atom is 0.0596 e. The zero-order chi connectivity index (χ0) is 14.3. The SMILES string of the molecule is CCC(CC)(CNCCOC)Cc1cc(C)nn1C. The van der Waals surface area contributed by atoms with E-state index in [0.29, 0.717) is 5.41 Å². The number of methoxy groups -OCH3 is 1. The van der Waals surface area contributed by atoms with Gasteiger partial charge in [-0.3, -0.25) is 4.68 Å². The third kappa shape index (κ3) is 4.62. The largest absolute Gasteiger partial charge is 0.383 e. The second-order valence-electron chi connectivity index (χ2n) is 5.45. The van der Waals surface area contributed by atoms with Gasteiger partial charge in [0.25, 0.3) is 0 Å². The van der Waals surface area contributed by atoms with E-state index in [0.717, 1.165) is 31.8 Å². The molecule has 1 N–H and O–H groups in total. The number of nitrogens with one attached hydrogen (secondary N) is 1. The molecule has 0 spiro atoms. The van der Waals surface area contributed by atoms with Crippen LogP contribution >= 0.6 is 0 Å². The number of aromatic nitrogens is 2. The molecule has 0 atom stereocenters. The fourth-order valence-electron chi connectivity index (χ4n) is 2.55. The topological polar surface area (TPSA) is 39.1 Å². The second-order valence-corrected chi connectivity index (χ2v) is 5.45. The molecule has 1 rings (SSSR count). The Kier molecular flexibility index (Phi) is 6.52. The summed E-state index contributed by atoms with van der Waals surface area (Å²) in [7, 11) is 3.78. The van der Waals surface area contributed by atoms with Gasteiger partial charge in [-0.05, 0) is 37.7 Å². The highest BCUT2D eigenvalue weighted by atomic mass is 16.5. The summed E-state index contributed by atoms with van der Waals surface area (Å²) >= 11 is 0. The molecule has 0 bridgehead atoms. The summed E-state index contributed by atoms with van der Waals surface area (Å²) in [5, 5.41) is 7.97. The molecule has 0 aromatic carbocycles. The van der Waals surface area contributed by atoms with Crippen molar-refractivity contribution in [3.8, 4) is 0 Å². The summed E-state index contributed by atoms with van der Waals surface area (Å²) in [5.74, 6) is 0. The Balaban J connectivity index is 2.67. The number of aryl methyl sites for hydroxylation is 2. The molecule has 0 aliphatic rings. The van der Waals surface area contributed by atoms with Gasteiger partial charge in [0.2, 0.25) is 0 Å². The highest BCUT2D eigenvalue weighted by Gasteiger charge is 2.27. The average molecular weight is 267 g/mol. The smallest absolute Gasteiger partial charge is 0.0596 e. The Labute approximate surface area is 117 Å². The molecule has 1 aromatic rings. The molecule has 0 radical (unpaired) electrons. The second kappa shape index (κ2) is 7.65. The summed E-state index contributed by atoms with van der Waals surface area (Å²) in [4.78, 5) is 0. The van der Waals surface area contributed by atoms with E-state index in [-0.39, 0.29) is 0 Å². The van der Waals surface area contributed by atoms with Crippen LogP contribution in [0.2, 0.25) is 0 Å². The predicted molar refractivity (Wildman–Crippen MR) is 79.4 cm³/mol. The van der Waals surface area contributed by atoms with Gasteiger partial charge >= 0.3 is 0 Å². The van der Waals surface area contributed by atoms with Crippen LogP contribution in [0.15, 0.2) is 6.07 Å². The van der Waals surface area contributed by atoms with E-state index < -0.39 is 0 Å². The number of hydrogen-bond acceptors (Lipinski definition) is 3. The van der Waals surface area contributed by atoms with Crippen molar-refractivity contribution in [2.45, 2.75) is 40.0 Å². The Morgan fingerprint density at radius 3 is 2.53 bits per heavy atom. The Morgan fingerprint density at radius 1 is 1.37 bits per heavy atom. The fourth-order valence-corrected chi connectivity index (χ4v) is 2.55. The van der Waals surface area contributed by atoms with Gasteiger partial charge in [0.15, 0.2) is 0 Å². The first-order valence-corrected chi connectivity index (χ1v) is 7.26. The summed E-state index contributed by atoms with van der Waals surface area (Å²) in [6.07, 6.45) is 3.43. The van der Waals surface area contributed by atoms with Crippen LogP contribution < -0.4 is 5.32 Å². The first-order valence-electron chi connectivity index (χ1n) is 7.26. The molecule has 1 aromatic heterocycles. The van der Waals surface area contributed by atoms with Crippen molar-refractivity contribution in [1.82, 2.24) is 15.1 Å². The van der Waals surface area contributed by atoms with Crippen molar-refractivity contribution in [2.24, 2.45) is 12.5 Å². The number of ether oxygens (including phenoxy) is 1. The van der Waals surface area contributed by atoms with Crippen molar-refractivity contribution in [1.29, 1.82) is 0 Å². The number of hydrogen-bond donors (Lipinski definition) is 1. The molecule has 19 heavy (non-hydrogen) atoms. The molecule has 0 saturated heterocycles. The van der Waals surface area contributed by atoms with Crippen LogP contribution in [-0.2, 0) is 18.2 Å². The fraction of sp³-hybridized carbons (Fsp3) is 0.800. The third-order valence-corrected chi connectivity index (χ3v) is 4.14. The lowest BCUT2D eigenvalue weighted by molar-refractivity contribution is 0.185. The van der Waals surface area contributed by atoms with Crippen molar-refractivity contribution in [2.75, 3.05) is 26.8 Å². The standard InChI is InChI=1S/C15H29N3O/c1-6-15(7-2,12-16-8-9-19-5)11-14-10-13(3)17-18(14)4/h10,16H,6-9,11-12H2,1-5H3. The highest BCUT2D eigenvalue weighted by Crippen LogP contribution is 2.30. The van der Waals surface area contributed by atoms with Crippen LogP contribution in [0.25, 0.3) is 0 Å². The molecule has 1 heterocycles. The number of nitrogens with zero attached hydrogens (tertiary/aromatic N) is 2. The lowest BCUT2D eigenvalue weighted by atomic mass is 9.78. The lowest BCUT2D eigenvalue weighted by Gasteiger charge is -2.32. The molecule has 0 unspecified atom stereocenters. The lowest BCUT2D eigenvalue weighted by Crippen LogP contribution is -2.37. The van der Waals surface area contributed by atoms with Crippen LogP contribution in [0.4, 0.5) is 0 Å². The van der Waals surface area contributed by atoms with E-state index >= 15 is 0 Å². The highest BCUT2D eigenvalue weighted by molar-refractivity contribution is 5.11. The summed E-state index contributed by atoms with van der Waals surface area (Å²) in [6.45, 7) is 9.35. The zero-order valence-corrected chi connectivity index (χ0v) is 13.1. The van der Waals surface area contributed by atoms with Gasteiger partial charge in [0, 0.05) is 32.9 Å². The zero-order valence-electron chi connectivity index (χ0n) is 13.1. The average Bonchev–Trinajstić information content (AvgIpc) is 2.71. The molecule has 0 aliphatic carbocycles. The van der Waals surface area contributed by atoms with Gasteiger partial charge in [0.1, 0.15) is 0 Å². The predicted octanol–water partition coefficient (Wildman–Crippen LogP) is 2.31. The first-order chi connectivity index (χ1) is 9.06. The van der Waals surface area contributed by atoms with E-state index in [1.54, 1.807) is 7.11 Å². The molecular weight excluding hydrogens is 238 g/mol. The van der Waals surface area contributed by atoms with E-state index in [4.69, 9.17) is 4.74 Å². The van der Waals surface area contributed by atoms with Gasteiger partial charge in [-0.25, -0.2) is 0 Å². The molecule has 0 aliphatic heterocycles. The third-order valence-electron chi connectivity index (χ3n) is 4.14. The molecule has 110 valence electrons. The maximum absolute atomic E-state index is 5.09. The Morgan fingerprint density at radius 2 is 2.05 bits per heavy atom. The van der Waals surface area contributed by atoms with E-state index in [1.807, 2.05) is 11.7 Å². The van der Waals surface area contributed by atoms with Crippen LogP contribution in [0.3, 0.4) is 0 Å². The van der Waals surface area contributed by atoms with Crippen molar-refractivity contribution >= 4 is 0 Å². The van der Waals surface area contributed by atoms with Gasteiger partial charge in [-0.2, -0.15) is 5.10 Å². The normalized spacial score (nSPS) is 12.1. The number of rotatable bonds is 9. The molecule has 0 fully saturated rings. The van der Waals surface area contributed by atoms with Gasteiger partial charge in [0.05, 0.1) is 12.3 Å². The van der Waals surface area contributed by atoms with Gasteiger partial charge in [-0.15, -0.1) is 0 Å². The summed E-state index contributed by atoms with van der Waals surface area (Å²) < 4.78 is 7.11. The van der Waals surface area contributed by atoms with Crippen LogP contribution in [-0.4, -0.2) is 36.6 Å². The minimum absolute atomic E-state index is 0.313. The molecule has 4 heteroatoms. The van der Waals surface area contributed by atoms with Crippen LogP contribution in [0, 0.1) is 12.3 Å². The van der Waals surface area contributed by atoms with E-state index in [9.17, 15) is 0 Å². The summed E-state index contributed by atoms with van der Waals surface area (Å²) in [6, 6.07) is 2.20. The molecular formula is C15H29N3O. The van der Waals surface area contributed by atoms with Crippen LogP contribution in [0.5, 0.6) is 0 Å². The molecule has 4 nitrogen and oxygen atoms in total. The summed E-state index contributed by atoms with van der Waals surface area (Å²) in [5.41, 5.74) is 2.74. The quantitative estimate of drug-likeness (QED) is 0.698. The maximum atomic E-state index is 5.09. The molecule has 0 saturated carbocycles. The first kappa shape index (κ1) is 16.2. The van der Waals surface area contributed by atoms with Gasteiger partial charge < -0.3 is 10.1 Å². The van der Waals surface area contributed by atoms with Gasteiger partial charge in [-0.1, -0.05) is 13.8 Å². The van der Waals surface area contributed by atoms with E-state index in [2.05, 4.69) is 37.3 Å². The van der Waals surface area contributed by atoms with Crippen molar-refractivity contribution < 1.29 is 4.74 Å². The van der Waals surface area contributed by atoms with Crippen molar-refractivity contribution in [3.05, 3.63) is 17.5 Å². The van der Waals surface area contributed by atoms with E-state index in [1.165, 1.54) is 18.5 Å². The van der Waals surface area contributed by atoms with Crippen LogP contribution in [0.1, 0.15) is 38.1 Å². The Hall–Kier alpha value is -0.870.